The van der Waals surface area contributed by atoms with Gasteiger partial charge in [-0.25, -0.2) is 4.90 Å². The first-order chi connectivity index (χ1) is 14.5. The maximum absolute atomic E-state index is 13.0. The summed E-state index contributed by atoms with van der Waals surface area (Å²) in [5.74, 6) is -0.616. The summed E-state index contributed by atoms with van der Waals surface area (Å²) < 4.78 is 5.39. The van der Waals surface area contributed by atoms with Crippen molar-refractivity contribution in [2.75, 3.05) is 23.4 Å². The number of amides is 3. The van der Waals surface area contributed by atoms with Crippen molar-refractivity contribution in [3.05, 3.63) is 54.1 Å². The average molecular weight is 407 g/mol. The lowest BCUT2D eigenvalue weighted by molar-refractivity contribution is -0.123. The topological polar surface area (TPSA) is 104 Å². The summed E-state index contributed by atoms with van der Waals surface area (Å²) in [4.78, 5) is 39.2. The zero-order valence-corrected chi connectivity index (χ0v) is 16.6. The van der Waals surface area contributed by atoms with E-state index < -0.39 is 23.9 Å². The monoisotopic (exact) mass is 407 g/mol. The van der Waals surface area contributed by atoms with Gasteiger partial charge in [-0.1, -0.05) is 22.9 Å². The number of fused-ring (bicyclic) bond motifs is 1. The number of hydrogen-bond acceptors (Lipinski definition) is 7. The summed E-state index contributed by atoms with van der Waals surface area (Å²) in [6, 6.07) is 12.2. The summed E-state index contributed by atoms with van der Waals surface area (Å²) in [5, 5.41) is 11.9. The molecule has 1 N–H and O–H groups in total. The highest BCUT2D eigenvalue weighted by atomic mass is 16.5. The minimum Gasteiger partial charge on any atom is -0.494 e. The number of ether oxygens (including phenoxy) is 1. The molecule has 1 saturated heterocycles. The fraction of sp³-hybridized carbons (Fsp3) is 0.286. The molecule has 0 radical (unpaired) electrons. The predicted molar refractivity (Wildman–Crippen MR) is 109 cm³/mol. The molecule has 9 heteroatoms. The summed E-state index contributed by atoms with van der Waals surface area (Å²) in [5.41, 5.74) is 2.15. The van der Waals surface area contributed by atoms with Crippen LogP contribution in [-0.4, -0.2) is 48.0 Å². The van der Waals surface area contributed by atoms with Gasteiger partial charge in [-0.2, -0.15) is 5.11 Å². The molecule has 0 saturated carbocycles. The second kappa shape index (κ2) is 7.94. The van der Waals surface area contributed by atoms with Crippen molar-refractivity contribution in [3.63, 3.8) is 0 Å². The Bertz CT molecular complexity index is 1000. The van der Waals surface area contributed by atoms with Crippen LogP contribution >= 0.6 is 0 Å². The molecule has 2 atom stereocenters. The second-order valence-electron chi connectivity index (χ2n) is 7.05. The van der Waals surface area contributed by atoms with Crippen LogP contribution in [0.5, 0.6) is 5.75 Å². The number of imide groups is 1. The zero-order chi connectivity index (χ0) is 21.3. The second-order valence-corrected chi connectivity index (χ2v) is 7.05. The smallest absolute Gasteiger partial charge is 0.263 e. The third kappa shape index (κ3) is 3.61. The van der Waals surface area contributed by atoms with Crippen molar-refractivity contribution in [1.82, 2.24) is 5.01 Å². The third-order valence-electron chi connectivity index (χ3n) is 4.90. The molecule has 0 bridgehead atoms. The predicted octanol–water partition coefficient (Wildman–Crippen LogP) is 2.33. The van der Waals surface area contributed by atoms with E-state index in [0.29, 0.717) is 23.7 Å². The van der Waals surface area contributed by atoms with E-state index in [1.165, 1.54) is 5.01 Å². The molecule has 2 aromatic rings. The number of benzene rings is 2. The van der Waals surface area contributed by atoms with Gasteiger partial charge in [0.25, 0.3) is 11.8 Å². The van der Waals surface area contributed by atoms with Gasteiger partial charge in [0, 0.05) is 5.69 Å². The van der Waals surface area contributed by atoms with Crippen LogP contribution in [0.2, 0.25) is 0 Å². The Labute approximate surface area is 173 Å². The number of aryl methyl sites for hydroxylation is 1. The molecule has 2 aromatic carbocycles. The van der Waals surface area contributed by atoms with Gasteiger partial charge in [-0.15, -0.1) is 0 Å². The number of hydrogen-bond donors (Lipinski definition) is 1. The average Bonchev–Trinajstić information content (AvgIpc) is 3.24. The number of anilines is 2. The molecule has 0 aromatic heterocycles. The van der Waals surface area contributed by atoms with Gasteiger partial charge in [-0.05, 0) is 50.2 Å². The molecule has 154 valence electrons. The lowest BCUT2D eigenvalue weighted by atomic mass is 10.1. The van der Waals surface area contributed by atoms with Crippen LogP contribution in [0.1, 0.15) is 12.5 Å². The van der Waals surface area contributed by atoms with E-state index in [0.717, 1.165) is 10.5 Å². The maximum atomic E-state index is 13.0. The van der Waals surface area contributed by atoms with E-state index in [1.54, 1.807) is 36.4 Å². The molecular weight excluding hydrogens is 386 g/mol. The Hall–Kier alpha value is -3.75. The molecule has 3 amide bonds. The van der Waals surface area contributed by atoms with E-state index in [1.807, 2.05) is 26.0 Å². The molecule has 2 aliphatic heterocycles. The first kappa shape index (κ1) is 19.6. The molecule has 4 rings (SSSR count). The molecule has 2 unspecified atom stereocenters. The summed E-state index contributed by atoms with van der Waals surface area (Å²) in [6.45, 7) is 4.16. The van der Waals surface area contributed by atoms with Crippen molar-refractivity contribution in [2.24, 2.45) is 10.3 Å². The molecule has 0 aliphatic carbocycles. The van der Waals surface area contributed by atoms with Gasteiger partial charge in [0.2, 0.25) is 5.91 Å². The van der Waals surface area contributed by atoms with Gasteiger partial charge >= 0.3 is 0 Å². The Morgan fingerprint density at radius 1 is 1.07 bits per heavy atom. The van der Waals surface area contributed by atoms with Gasteiger partial charge in [0.15, 0.2) is 12.1 Å². The SMILES string of the molecule is CCOc1ccc(N2C(=O)C3N=NN(CC(=O)Nc4ccc(C)cc4)C3C2=O)cc1. The number of nitrogens with zero attached hydrogens (tertiary/aromatic N) is 4. The van der Waals surface area contributed by atoms with Crippen LogP contribution < -0.4 is 15.0 Å². The van der Waals surface area contributed by atoms with Gasteiger partial charge in [0.1, 0.15) is 12.3 Å². The molecule has 0 spiro atoms. The van der Waals surface area contributed by atoms with Gasteiger partial charge < -0.3 is 10.1 Å². The molecular formula is C21H21N5O4. The summed E-state index contributed by atoms with van der Waals surface area (Å²) in [6.07, 6.45) is 0. The van der Waals surface area contributed by atoms with Gasteiger partial charge in [0.05, 0.1) is 12.3 Å². The Morgan fingerprint density at radius 2 is 1.77 bits per heavy atom. The van der Waals surface area contributed by atoms with Crippen molar-refractivity contribution in [1.29, 1.82) is 0 Å². The van der Waals surface area contributed by atoms with Crippen LogP contribution in [0.4, 0.5) is 11.4 Å². The highest BCUT2D eigenvalue weighted by molar-refractivity contribution is 6.25. The largest absolute Gasteiger partial charge is 0.494 e. The zero-order valence-electron chi connectivity index (χ0n) is 16.6. The minimum atomic E-state index is -0.948. The molecule has 1 fully saturated rings. The molecule has 30 heavy (non-hydrogen) atoms. The van der Waals surface area contributed by atoms with E-state index in [-0.39, 0.29) is 12.5 Å². The quantitative estimate of drug-likeness (QED) is 0.740. The number of carbonyl (C=O) groups excluding carboxylic acids is 3. The normalized spacial score (nSPS) is 19.9. The van der Waals surface area contributed by atoms with Gasteiger partial charge in [-0.3, -0.25) is 19.4 Å². The maximum Gasteiger partial charge on any atom is 0.263 e. The Balaban J connectivity index is 1.46. The minimum absolute atomic E-state index is 0.186. The number of rotatable bonds is 6. The van der Waals surface area contributed by atoms with E-state index in [2.05, 4.69) is 15.7 Å². The Morgan fingerprint density at radius 3 is 2.43 bits per heavy atom. The van der Waals surface area contributed by atoms with Crippen LogP contribution in [0.15, 0.2) is 58.9 Å². The highest BCUT2D eigenvalue weighted by Crippen LogP contribution is 2.32. The van der Waals surface area contributed by atoms with Crippen molar-refractivity contribution < 1.29 is 19.1 Å². The fourth-order valence-electron chi connectivity index (χ4n) is 3.45. The number of nitrogens with one attached hydrogen (secondary N) is 1. The molecule has 9 nitrogen and oxygen atoms in total. The molecule has 2 aliphatic rings. The fourth-order valence-corrected chi connectivity index (χ4v) is 3.45. The molecule has 2 heterocycles. The van der Waals surface area contributed by atoms with Crippen LogP contribution in [0, 0.1) is 6.92 Å². The van der Waals surface area contributed by atoms with Crippen LogP contribution in [0.25, 0.3) is 0 Å². The van der Waals surface area contributed by atoms with Crippen molar-refractivity contribution >= 4 is 29.1 Å². The lowest BCUT2D eigenvalue weighted by Crippen LogP contribution is -2.43. The third-order valence-corrected chi connectivity index (χ3v) is 4.90. The first-order valence-corrected chi connectivity index (χ1v) is 9.62. The van der Waals surface area contributed by atoms with E-state index in [9.17, 15) is 14.4 Å². The van der Waals surface area contributed by atoms with Crippen molar-refractivity contribution in [3.8, 4) is 5.75 Å². The first-order valence-electron chi connectivity index (χ1n) is 9.62. The Kier molecular flexibility index (Phi) is 5.18. The van der Waals surface area contributed by atoms with E-state index in [4.69, 9.17) is 4.74 Å². The highest BCUT2D eigenvalue weighted by Gasteiger charge is 2.55. The standard InChI is InChI=1S/C21H21N5O4/c1-3-30-16-10-8-15(9-11-16)26-20(28)18-19(21(26)29)25(24-23-18)12-17(27)22-14-6-4-13(2)5-7-14/h4-11,18-19H,3,12H2,1-2H3,(H,22,27). The van der Waals surface area contributed by atoms with Crippen LogP contribution in [-0.2, 0) is 14.4 Å². The lowest BCUT2D eigenvalue weighted by Gasteiger charge is -2.20. The van der Waals surface area contributed by atoms with E-state index >= 15 is 0 Å². The summed E-state index contributed by atoms with van der Waals surface area (Å²) >= 11 is 0. The van der Waals surface area contributed by atoms with Crippen molar-refractivity contribution in [2.45, 2.75) is 25.9 Å². The summed E-state index contributed by atoms with van der Waals surface area (Å²) in [7, 11) is 0. The van der Waals surface area contributed by atoms with Crippen LogP contribution in [0.3, 0.4) is 0 Å². The number of carbonyl (C=O) groups is 3.